The van der Waals surface area contributed by atoms with Crippen molar-refractivity contribution >= 4 is 28.9 Å². The van der Waals surface area contributed by atoms with Gasteiger partial charge < -0.3 is 4.90 Å². The van der Waals surface area contributed by atoms with Crippen LogP contribution in [-0.2, 0) is 0 Å². The second-order valence-electron chi connectivity index (χ2n) is 5.92. The van der Waals surface area contributed by atoms with E-state index in [1.165, 1.54) is 6.33 Å². The van der Waals surface area contributed by atoms with Crippen LogP contribution in [-0.4, -0.2) is 50.0 Å². The Morgan fingerprint density at radius 2 is 1.96 bits per heavy atom. The Balaban J connectivity index is 1.57. The van der Waals surface area contributed by atoms with Gasteiger partial charge in [-0.3, -0.25) is 5.43 Å². The number of hydrogen-bond acceptors (Lipinski definition) is 8. The molecule has 9 nitrogen and oxygen atoms in total. The first kappa shape index (κ1) is 16.6. The van der Waals surface area contributed by atoms with Crippen LogP contribution in [0.5, 0.6) is 0 Å². The van der Waals surface area contributed by atoms with Gasteiger partial charge in [-0.15, -0.1) is 0 Å². The van der Waals surface area contributed by atoms with Gasteiger partial charge in [0.05, 0.1) is 17.8 Å². The van der Waals surface area contributed by atoms with Gasteiger partial charge in [0, 0.05) is 32.1 Å². The van der Waals surface area contributed by atoms with Crippen molar-refractivity contribution in [3.05, 3.63) is 60.8 Å². The minimum absolute atomic E-state index is 0.566. The quantitative estimate of drug-likeness (QED) is 0.430. The van der Waals surface area contributed by atoms with Crippen molar-refractivity contribution in [1.29, 1.82) is 0 Å². The second-order valence-corrected chi connectivity index (χ2v) is 5.92. The van der Waals surface area contributed by atoms with Gasteiger partial charge in [-0.25, -0.2) is 19.9 Å². The highest BCUT2D eigenvalue weighted by Gasteiger charge is 2.11. The van der Waals surface area contributed by atoms with Crippen molar-refractivity contribution in [1.82, 2.24) is 29.7 Å². The summed E-state index contributed by atoms with van der Waals surface area (Å²) >= 11 is 0. The molecule has 0 amide bonds. The second kappa shape index (κ2) is 7.16. The van der Waals surface area contributed by atoms with Crippen molar-refractivity contribution in [3.63, 3.8) is 0 Å². The lowest BCUT2D eigenvalue weighted by atomic mass is 10.3. The van der Waals surface area contributed by atoms with E-state index in [0.29, 0.717) is 17.3 Å². The summed E-state index contributed by atoms with van der Waals surface area (Å²) in [5, 5.41) is 9.36. The van der Waals surface area contributed by atoms with Crippen LogP contribution in [0.25, 0.3) is 16.9 Å². The fraction of sp³-hybridized carbons (Fsp3) is 0.111. The highest BCUT2D eigenvalue weighted by atomic mass is 15.4. The van der Waals surface area contributed by atoms with Crippen LogP contribution in [0.4, 0.5) is 11.6 Å². The number of rotatable bonds is 5. The van der Waals surface area contributed by atoms with Gasteiger partial charge in [0.1, 0.15) is 12.1 Å². The molecule has 0 aliphatic carbocycles. The summed E-state index contributed by atoms with van der Waals surface area (Å²) in [6.07, 6.45) is 8.31. The molecule has 0 spiro atoms. The van der Waals surface area contributed by atoms with E-state index >= 15 is 0 Å². The van der Waals surface area contributed by atoms with Crippen LogP contribution in [0.3, 0.4) is 0 Å². The predicted octanol–water partition coefficient (Wildman–Crippen LogP) is 2.12. The molecule has 0 fully saturated rings. The molecule has 0 radical (unpaired) electrons. The SMILES string of the molecule is CN(C)c1ccc(/C=N/Nc2ncnc3c2cnn3-c2ccccn2)cn1. The third-order valence-electron chi connectivity index (χ3n) is 3.85. The molecule has 4 aromatic rings. The first-order valence-corrected chi connectivity index (χ1v) is 8.25. The van der Waals surface area contributed by atoms with E-state index in [9.17, 15) is 0 Å². The zero-order valence-electron chi connectivity index (χ0n) is 14.9. The Morgan fingerprint density at radius 3 is 2.70 bits per heavy atom. The maximum absolute atomic E-state index is 4.36. The lowest BCUT2D eigenvalue weighted by Gasteiger charge is -2.10. The van der Waals surface area contributed by atoms with E-state index in [2.05, 4.69) is 35.6 Å². The molecule has 0 unspecified atom stereocenters. The number of hydrazone groups is 1. The number of nitrogens with zero attached hydrogens (tertiary/aromatic N) is 8. The molecule has 4 heterocycles. The van der Waals surface area contributed by atoms with Gasteiger partial charge in [-0.1, -0.05) is 6.07 Å². The fourth-order valence-corrected chi connectivity index (χ4v) is 2.49. The number of anilines is 2. The van der Waals surface area contributed by atoms with Crippen LogP contribution in [0, 0.1) is 0 Å². The van der Waals surface area contributed by atoms with E-state index in [-0.39, 0.29) is 0 Å². The summed E-state index contributed by atoms with van der Waals surface area (Å²) in [4.78, 5) is 19.2. The van der Waals surface area contributed by atoms with E-state index in [0.717, 1.165) is 16.8 Å². The smallest absolute Gasteiger partial charge is 0.170 e. The van der Waals surface area contributed by atoms with E-state index in [1.807, 2.05) is 49.3 Å². The Labute approximate surface area is 155 Å². The summed E-state index contributed by atoms with van der Waals surface area (Å²) in [6, 6.07) is 9.50. The standard InChI is InChI=1S/C18H17N9/c1-26(2)15-7-6-13(9-20-15)10-23-25-17-14-11-24-27(18(14)22-12-21-17)16-5-3-4-8-19-16/h3-12H,1-2H3,(H,21,22,25)/b23-10+. The maximum Gasteiger partial charge on any atom is 0.170 e. The number of nitrogens with one attached hydrogen (secondary N) is 1. The first-order chi connectivity index (χ1) is 13.2. The average molecular weight is 359 g/mol. The van der Waals surface area contributed by atoms with Gasteiger partial charge >= 0.3 is 0 Å². The van der Waals surface area contributed by atoms with Crippen LogP contribution in [0.2, 0.25) is 0 Å². The van der Waals surface area contributed by atoms with Crippen molar-refractivity contribution in [2.75, 3.05) is 24.4 Å². The fourth-order valence-electron chi connectivity index (χ4n) is 2.49. The van der Waals surface area contributed by atoms with E-state index < -0.39 is 0 Å². The van der Waals surface area contributed by atoms with Crippen LogP contribution >= 0.6 is 0 Å². The summed E-state index contributed by atoms with van der Waals surface area (Å²) in [5.41, 5.74) is 4.47. The molecule has 27 heavy (non-hydrogen) atoms. The van der Waals surface area contributed by atoms with Gasteiger partial charge in [-0.05, 0) is 24.3 Å². The van der Waals surface area contributed by atoms with E-state index in [4.69, 9.17) is 0 Å². The molecule has 4 rings (SSSR count). The topological polar surface area (TPSA) is 97.0 Å². The highest BCUT2D eigenvalue weighted by Crippen LogP contribution is 2.20. The number of pyridine rings is 2. The molecule has 0 bridgehead atoms. The minimum Gasteiger partial charge on any atom is -0.363 e. The van der Waals surface area contributed by atoms with Gasteiger partial charge in [0.2, 0.25) is 0 Å². The molecule has 0 saturated heterocycles. The molecular formula is C18H17N9. The third-order valence-corrected chi connectivity index (χ3v) is 3.85. The normalized spacial score (nSPS) is 11.2. The minimum atomic E-state index is 0.566. The Kier molecular flexibility index (Phi) is 4.40. The molecule has 134 valence electrons. The van der Waals surface area contributed by atoms with E-state index in [1.54, 1.807) is 29.5 Å². The lowest BCUT2D eigenvalue weighted by molar-refractivity contribution is 0.861. The first-order valence-electron chi connectivity index (χ1n) is 8.25. The molecule has 0 aromatic carbocycles. The Bertz CT molecular complexity index is 1070. The molecular weight excluding hydrogens is 342 g/mol. The monoisotopic (exact) mass is 359 g/mol. The molecule has 0 saturated carbocycles. The van der Waals surface area contributed by atoms with Crippen molar-refractivity contribution < 1.29 is 0 Å². The highest BCUT2D eigenvalue weighted by molar-refractivity contribution is 5.87. The van der Waals surface area contributed by atoms with Crippen LogP contribution in [0.1, 0.15) is 5.56 Å². The average Bonchev–Trinajstić information content (AvgIpc) is 3.14. The van der Waals surface area contributed by atoms with Crippen LogP contribution < -0.4 is 10.3 Å². The summed E-state index contributed by atoms with van der Waals surface area (Å²) < 4.78 is 1.66. The summed E-state index contributed by atoms with van der Waals surface area (Å²) in [6.45, 7) is 0. The lowest BCUT2D eigenvalue weighted by Crippen LogP contribution is -2.10. The molecule has 0 atom stereocenters. The van der Waals surface area contributed by atoms with Gasteiger partial charge in [0.25, 0.3) is 0 Å². The third kappa shape index (κ3) is 3.43. The van der Waals surface area contributed by atoms with Gasteiger partial charge in [0.15, 0.2) is 17.3 Å². The molecule has 1 N–H and O–H groups in total. The van der Waals surface area contributed by atoms with Crippen molar-refractivity contribution in [2.24, 2.45) is 5.10 Å². The Hall–Kier alpha value is -3.88. The number of hydrogen-bond donors (Lipinski definition) is 1. The number of aromatic nitrogens is 6. The Morgan fingerprint density at radius 1 is 1.04 bits per heavy atom. The zero-order valence-corrected chi connectivity index (χ0v) is 14.9. The largest absolute Gasteiger partial charge is 0.363 e. The molecule has 0 aliphatic heterocycles. The molecule has 4 aromatic heterocycles. The molecule has 0 aliphatic rings. The van der Waals surface area contributed by atoms with Gasteiger partial charge in [-0.2, -0.15) is 14.9 Å². The maximum atomic E-state index is 4.36. The van der Waals surface area contributed by atoms with Crippen molar-refractivity contribution in [3.8, 4) is 5.82 Å². The number of fused-ring (bicyclic) bond motifs is 1. The summed E-state index contributed by atoms with van der Waals surface area (Å²) in [7, 11) is 3.90. The predicted molar refractivity (Wildman–Crippen MR) is 104 cm³/mol. The van der Waals surface area contributed by atoms with Crippen LogP contribution in [0.15, 0.2) is 60.4 Å². The van der Waals surface area contributed by atoms with Crippen molar-refractivity contribution in [2.45, 2.75) is 0 Å². The zero-order chi connectivity index (χ0) is 18.6. The molecule has 9 heteroatoms. The summed E-state index contributed by atoms with van der Waals surface area (Å²) in [5.74, 6) is 2.14.